The molecule has 0 unspecified atom stereocenters. The molecule has 0 saturated heterocycles. The summed E-state index contributed by atoms with van der Waals surface area (Å²) >= 11 is 1.22. The molecular formula is C19H16F3N5OS. The number of hydrogen-bond acceptors (Lipinski definition) is 6. The fourth-order valence-electron chi connectivity index (χ4n) is 2.58. The van der Waals surface area contributed by atoms with Crippen molar-refractivity contribution in [3.05, 3.63) is 59.9 Å². The number of methoxy groups -OCH3 is 1. The monoisotopic (exact) mass is 419 g/mol. The number of anilines is 1. The number of alkyl halides is 3. The van der Waals surface area contributed by atoms with Crippen molar-refractivity contribution in [3.8, 4) is 17.5 Å². The van der Waals surface area contributed by atoms with Crippen LogP contribution in [0.15, 0.2) is 53.7 Å². The molecule has 0 atom stereocenters. The number of nitriles is 1. The zero-order valence-electron chi connectivity index (χ0n) is 15.3. The third-order valence-electron chi connectivity index (χ3n) is 3.94. The van der Waals surface area contributed by atoms with Gasteiger partial charge in [0.1, 0.15) is 5.75 Å². The minimum atomic E-state index is -4.41. The smallest absolute Gasteiger partial charge is 0.416 e. The maximum atomic E-state index is 12.9. The van der Waals surface area contributed by atoms with E-state index in [-0.39, 0.29) is 12.3 Å². The zero-order chi connectivity index (χ0) is 20.9. The summed E-state index contributed by atoms with van der Waals surface area (Å²) in [4.78, 5) is 0. The molecule has 150 valence electrons. The predicted molar refractivity (Wildman–Crippen MR) is 103 cm³/mol. The Labute approximate surface area is 169 Å². The summed E-state index contributed by atoms with van der Waals surface area (Å²) in [7, 11) is 1.56. The van der Waals surface area contributed by atoms with Crippen LogP contribution in [0.4, 0.5) is 18.9 Å². The Bertz CT molecular complexity index is 1010. The number of benzene rings is 2. The molecule has 10 heteroatoms. The van der Waals surface area contributed by atoms with Gasteiger partial charge in [0, 0.05) is 11.4 Å². The molecule has 3 aromatic rings. The minimum Gasteiger partial charge on any atom is -0.497 e. The highest BCUT2D eigenvalue weighted by Gasteiger charge is 2.30. The van der Waals surface area contributed by atoms with Gasteiger partial charge in [-0.2, -0.15) is 18.4 Å². The molecule has 0 aliphatic heterocycles. The molecule has 1 aromatic heterocycles. The van der Waals surface area contributed by atoms with Crippen molar-refractivity contribution in [3.63, 3.8) is 0 Å². The zero-order valence-corrected chi connectivity index (χ0v) is 16.1. The molecular weight excluding hydrogens is 403 g/mol. The van der Waals surface area contributed by atoms with Crippen LogP contribution in [0.3, 0.4) is 0 Å². The lowest BCUT2D eigenvalue weighted by molar-refractivity contribution is -0.137. The molecule has 29 heavy (non-hydrogen) atoms. The Balaban J connectivity index is 1.87. The van der Waals surface area contributed by atoms with E-state index >= 15 is 0 Å². The fourth-order valence-corrected chi connectivity index (χ4v) is 3.21. The largest absolute Gasteiger partial charge is 0.497 e. The van der Waals surface area contributed by atoms with E-state index in [1.165, 1.54) is 17.8 Å². The molecule has 0 saturated carbocycles. The van der Waals surface area contributed by atoms with Crippen LogP contribution in [0, 0.1) is 11.3 Å². The quantitative estimate of drug-likeness (QED) is 0.568. The van der Waals surface area contributed by atoms with E-state index in [1.807, 2.05) is 18.2 Å². The van der Waals surface area contributed by atoms with Gasteiger partial charge in [-0.25, -0.2) is 0 Å². The molecule has 0 amide bonds. The van der Waals surface area contributed by atoms with Gasteiger partial charge in [0.05, 0.1) is 31.0 Å². The highest BCUT2D eigenvalue weighted by molar-refractivity contribution is 7.99. The molecule has 0 spiro atoms. The number of nitrogens with one attached hydrogen (secondary N) is 1. The highest BCUT2D eigenvalue weighted by atomic mass is 32.2. The second-order valence-electron chi connectivity index (χ2n) is 5.81. The highest BCUT2D eigenvalue weighted by Crippen LogP contribution is 2.31. The van der Waals surface area contributed by atoms with Crippen molar-refractivity contribution in [2.45, 2.75) is 17.9 Å². The van der Waals surface area contributed by atoms with Gasteiger partial charge < -0.3 is 10.1 Å². The first-order chi connectivity index (χ1) is 13.9. The van der Waals surface area contributed by atoms with Gasteiger partial charge in [0.15, 0.2) is 11.0 Å². The summed E-state index contributed by atoms with van der Waals surface area (Å²) in [6.07, 6.45) is -4.41. The van der Waals surface area contributed by atoms with E-state index in [0.29, 0.717) is 22.4 Å². The van der Waals surface area contributed by atoms with Crippen LogP contribution in [0.1, 0.15) is 11.4 Å². The van der Waals surface area contributed by atoms with Crippen molar-refractivity contribution in [2.75, 3.05) is 18.2 Å². The molecule has 0 bridgehead atoms. The number of rotatable bonds is 7. The maximum Gasteiger partial charge on any atom is 0.416 e. The Kier molecular flexibility index (Phi) is 6.29. The normalized spacial score (nSPS) is 11.1. The number of nitrogens with zero attached hydrogens (tertiary/aromatic N) is 4. The molecule has 1 N–H and O–H groups in total. The van der Waals surface area contributed by atoms with Crippen molar-refractivity contribution in [2.24, 2.45) is 0 Å². The molecule has 0 aliphatic rings. The summed E-state index contributed by atoms with van der Waals surface area (Å²) < 4.78 is 45.6. The molecule has 3 rings (SSSR count). The lowest BCUT2D eigenvalue weighted by Gasteiger charge is -2.13. The number of ether oxygens (including phenoxy) is 1. The first kappa shape index (κ1) is 20.5. The van der Waals surface area contributed by atoms with E-state index in [9.17, 15) is 13.2 Å². The Hall–Kier alpha value is -3.19. The average molecular weight is 419 g/mol. The van der Waals surface area contributed by atoms with E-state index in [0.717, 1.165) is 17.8 Å². The van der Waals surface area contributed by atoms with E-state index < -0.39 is 11.7 Å². The SMILES string of the molecule is COc1ccc(-n2c(CNc3cccc(C(F)(F)F)c3)nnc2SCC#N)cc1. The third kappa shape index (κ3) is 5.00. The third-order valence-corrected chi connectivity index (χ3v) is 4.73. The van der Waals surface area contributed by atoms with Gasteiger partial charge in [-0.05, 0) is 42.5 Å². The summed E-state index contributed by atoms with van der Waals surface area (Å²) in [6.45, 7) is 0.146. The van der Waals surface area contributed by atoms with E-state index in [4.69, 9.17) is 10.00 Å². The van der Waals surface area contributed by atoms with E-state index in [2.05, 4.69) is 15.5 Å². The summed E-state index contributed by atoms with van der Waals surface area (Å²) in [6, 6.07) is 14.2. The second-order valence-corrected chi connectivity index (χ2v) is 6.75. The van der Waals surface area contributed by atoms with Crippen molar-refractivity contribution >= 4 is 17.4 Å². The number of aromatic nitrogens is 3. The number of thioether (sulfide) groups is 1. The van der Waals surface area contributed by atoms with Crippen molar-refractivity contribution in [1.82, 2.24) is 14.8 Å². The molecule has 0 radical (unpaired) electrons. The first-order valence-electron chi connectivity index (χ1n) is 8.42. The van der Waals surface area contributed by atoms with Gasteiger partial charge in [-0.3, -0.25) is 4.57 Å². The predicted octanol–water partition coefficient (Wildman–Crippen LogP) is 4.52. The van der Waals surface area contributed by atoms with Crippen molar-refractivity contribution in [1.29, 1.82) is 5.26 Å². The summed E-state index contributed by atoms with van der Waals surface area (Å²) in [5, 5.41) is 20.6. The summed E-state index contributed by atoms with van der Waals surface area (Å²) in [5.74, 6) is 1.36. The Morgan fingerprint density at radius 2 is 1.93 bits per heavy atom. The van der Waals surface area contributed by atoms with E-state index in [1.54, 1.807) is 29.9 Å². The molecule has 0 aliphatic carbocycles. The van der Waals surface area contributed by atoms with Crippen LogP contribution in [0.2, 0.25) is 0 Å². The van der Waals surface area contributed by atoms with Crippen molar-refractivity contribution < 1.29 is 17.9 Å². The summed E-state index contributed by atoms with van der Waals surface area (Å²) in [5.41, 5.74) is 0.330. The first-order valence-corrected chi connectivity index (χ1v) is 9.40. The van der Waals surface area contributed by atoms with Gasteiger partial charge >= 0.3 is 6.18 Å². The topological polar surface area (TPSA) is 75.8 Å². The van der Waals surface area contributed by atoms with Gasteiger partial charge in [0.2, 0.25) is 0 Å². The van der Waals surface area contributed by atoms with Crippen LogP contribution in [0.5, 0.6) is 5.75 Å². The van der Waals surface area contributed by atoms with Crippen LogP contribution in [0.25, 0.3) is 5.69 Å². The van der Waals surface area contributed by atoms with Crippen LogP contribution in [-0.2, 0) is 12.7 Å². The molecule has 6 nitrogen and oxygen atoms in total. The lowest BCUT2D eigenvalue weighted by atomic mass is 10.2. The fraction of sp³-hybridized carbons (Fsp3) is 0.211. The van der Waals surface area contributed by atoms with Gasteiger partial charge in [-0.15, -0.1) is 10.2 Å². The second kappa shape index (κ2) is 8.87. The van der Waals surface area contributed by atoms with Gasteiger partial charge in [0.25, 0.3) is 0 Å². The van der Waals surface area contributed by atoms with Gasteiger partial charge in [-0.1, -0.05) is 17.8 Å². The maximum absolute atomic E-state index is 12.9. The standard InChI is InChI=1S/C19H16F3N5OS/c1-28-16-7-5-15(6-8-16)27-17(25-26-18(27)29-10-9-23)12-24-14-4-2-3-13(11-14)19(20,21)22/h2-8,11,24H,10,12H2,1H3. The minimum absolute atomic E-state index is 0.146. The number of halogens is 3. The van der Waals surface area contributed by atoms with Crippen LogP contribution in [-0.4, -0.2) is 27.6 Å². The van der Waals surface area contributed by atoms with Crippen LogP contribution < -0.4 is 10.1 Å². The Morgan fingerprint density at radius 3 is 2.59 bits per heavy atom. The Morgan fingerprint density at radius 1 is 1.17 bits per heavy atom. The average Bonchev–Trinajstić information content (AvgIpc) is 3.13. The lowest BCUT2D eigenvalue weighted by Crippen LogP contribution is -2.10. The number of hydrogen-bond donors (Lipinski definition) is 1. The van der Waals surface area contributed by atoms with Crippen LogP contribution >= 0.6 is 11.8 Å². The molecule has 1 heterocycles. The molecule has 2 aromatic carbocycles. The molecule has 0 fully saturated rings.